The van der Waals surface area contributed by atoms with Gasteiger partial charge in [-0.25, -0.2) is 0 Å². The predicted molar refractivity (Wildman–Crippen MR) is 70.9 cm³/mol. The summed E-state index contributed by atoms with van der Waals surface area (Å²) in [5, 5.41) is 12.7. The lowest BCUT2D eigenvalue weighted by atomic mass is 9.98. The monoisotopic (exact) mass is 230 g/mol. The first-order valence-electron chi connectivity index (χ1n) is 5.87. The van der Waals surface area contributed by atoms with Gasteiger partial charge in [0.05, 0.1) is 17.4 Å². The Balaban J connectivity index is 2.42. The van der Waals surface area contributed by atoms with Crippen molar-refractivity contribution in [1.29, 1.82) is 0 Å². The van der Waals surface area contributed by atoms with Crippen molar-refractivity contribution in [3.05, 3.63) is 30.5 Å². The van der Waals surface area contributed by atoms with Crippen LogP contribution >= 0.6 is 0 Å². The molecule has 0 radical (unpaired) electrons. The number of hydrogen-bond donors (Lipinski definition) is 2. The average molecular weight is 230 g/mol. The summed E-state index contributed by atoms with van der Waals surface area (Å²) in [4.78, 5) is 0. The normalized spacial score (nSPS) is 14.5. The number of nitrogens with zero attached hydrogens (tertiary/aromatic N) is 2. The van der Waals surface area contributed by atoms with E-state index in [-0.39, 0.29) is 5.54 Å². The van der Waals surface area contributed by atoms with Gasteiger partial charge in [0, 0.05) is 17.5 Å². The van der Waals surface area contributed by atoms with Crippen LogP contribution in [0.5, 0.6) is 0 Å². The second-order valence-corrected chi connectivity index (χ2v) is 4.52. The molecule has 0 aliphatic rings. The molecule has 0 fully saturated rings. The number of rotatable bonds is 4. The molecule has 2 rings (SSSR count). The van der Waals surface area contributed by atoms with Gasteiger partial charge in [0.25, 0.3) is 0 Å². The molecule has 0 spiro atoms. The van der Waals surface area contributed by atoms with Crippen LogP contribution in [0.2, 0.25) is 0 Å². The zero-order chi connectivity index (χ0) is 12.3. The fourth-order valence-electron chi connectivity index (χ4n) is 1.72. The summed E-state index contributed by atoms with van der Waals surface area (Å²) in [5.41, 5.74) is 7.59. The number of fused-ring (bicyclic) bond motifs is 1. The molecule has 1 heterocycles. The van der Waals surface area contributed by atoms with Crippen LogP contribution in [0.4, 0.5) is 5.69 Å². The van der Waals surface area contributed by atoms with Crippen LogP contribution in [0.25, 0.3) is 10.9 Å². The van der Waals surface area contributed by atoms with Crippen LogP contribution in [0.3, 0.4) is 0 Å². The molecule has 4 heteroatoms. The van der Waals surface area contributed by atoms with Gasteiger partial charge in [-0.1, -0.05) is 25.1 Å². The third kappa shape index (κ3) is 2.36. The van der Waals surface area contributed by atoms with Crippen molar-refractivity contribution >= 4 is 16.6 Å². The van der Waals surface area contributed by atoms with Crippen molar-refractivity contribution < 1.29 is 0 Å². The van der Waals surface area contributed by atoms with Crippen molar-refractivity contribution in [3.63, 3.8) is 0 Å². The quantitative estimate of drug-likeness (QED) is 0.845. The number of anilines is 1. The minimum atomic E-state index is -0.105. The summed E-state index contributed by atoms with van der Waals surface area (Å²) in [6.45, 7) is 4.82. The third-order valence-corrected chi connectivity index (χ3v) is 3.21. The molecule has 17 heavy (non-hydrogen) atoms. The number of nitrogens with two attached hydrogens (primary N) is 1. The SMILES string of the molecule is CCC(C)(CN)Nc1cnnc2ccccc12. The molecule has 0 bridgehead atoms. The number of aromatic nitrogens is 2. The van der Waals surface area contributed by atoms with Crippen molar-refractivity contribution in [2.24, 2.45) is 5.73 Å². The van der Waals surface area contributed by atoms with Gasteiger partial charge in [-0.2, -0.15) is 10.2 Å². The van der Waals surface area contributed by atoms with E-state index in [1.807, 2.05) is 24.3 Å². The fourth-order valence-corrected chi connectivity index (χ4v) is 1.72. The van der Waals surface area contributed by atoms with Gasteiger partial charge in [0.15, 0.2) is 0 Å². The molecule has 2 aromatic rings. The molecule has 0 amide bonds. The summed E-state index contributed by atoms with van der Waals surface area (Å²) >= 11 is 0. The van der Waals surface area contributed by atoms with E-state index in [0.717, 1.165) is 23.0 Å². The molecule has 0 aliphatic heterocycles. The Morgan fingerprint density at radius 1 is 1.35 bits per heavy atom. The summed E-state index contributed by atoms with van der Waals surface area (Å²) in [7, 11) is 0. The van der Waals surface area contributed by atoms with Crippen molar-refractivity contribution in [2.45, 2.75) is 25.8 Å². The lowest BCUT2D eigenvalue weighted by molar-refractivity contribution is 0.507. The average Bonchev–Trinajstić information content (AvgIpc) is 2.39. The molecule has 1 unspecified atom stereocenters. The van der Waals surface area contributed by atoms with Gasteiger partial charge in [-0.15, -0.1) is 0 Å². The molecule has 1 aromatic carbocycles. The maximum absolute atomic E-state index is 5.81. The number of hydrogen-bond acceptors (Lipinski definition) is 4. The third-order valence-electron chi connectivity index (χ3n) is 3.21. The Bertz CT molecular complexity index is 500. The van der Waals surface area contributed by atoms with Crippen LogP contribution in [0, 0.1) is 0 Å². The van der Waals surface area contributed by atoms with E-state index >= 15 is 0 Å². The minimum Gasteiger partial charge on any atom is -0.377 e. The van der Waals surface area contributed by atoms with E-state index in [2.05, 4.69) is 29.4 Å². The van der Waals surface area contributed by atoms with Crippen molar-refractivity contribution in [3.8, 4) is 0 Å². The highest BCUT2D eigenvalue weighted by molar-refractivity contribution is 5.90. The van der Waals surface area contributed by atoms with Crippen LogP contribution in [-0.4, -0.2) is 22.3 Å². The minimum absolute atomic E-state index is 0.105. The Morgan fingerprint density at radius 2 is 2.12 bits per heavy atom. The smallest absolute Gasteiger partial charge is 0.0950 e. The topological polar surface area (TPSA) is 63.8 Å². The van der Waals surface area contributed by atoms with E-state index in [0.29, 0.717) is 6.54 Å². The molecular formula is C13H18N4. The predicted octanol–water partition coefficient (Wildman–Crippen LogP) is 2.17. The second kappa shape index (κ2) is 4.67. The standard InChI is InChI=1S/C13H18N4/c1-3-13(2,9-14)16-12-8-15-17-11-7-5-4-6-10(11)12/h4-8H,3,9,14H2,1-2H3,(H,16,17). The lowest BCUT2D eigenvalue weighted by Crippen LogP contribution is -2.41. The molecule has 0 saturated heterocycles. The van der Waals surface area contributed by atoms with Crippen molar-refractivity contribution in [1.82, 2.24) is 10.2 Å². The van der Waals surface area contributed by atoms with Crippen LogP contribution < -0.4 is 11.1 Å². The van der Waals surface area contributed by atoms with Crippen LogP contribution in [-0.2, 0) is 0 Å². The van der Waals surface area contributed by atoms with E-state index in [4.69, 9.17) is 5.73 Å². The highest BCUT2D eigenvalue weighted by atomic mass is 15.1. The fraction of sp³-hybridized carbons (Fsp3) is 0.385. The first kappa shape index (κ1) is 11.8. The Kier molecular flexibility index (Phi) is 3.24. The maximum Gasteiger partial charge on any atom is 0.0950 e. The van der Waals surface area contributed by atoms with Gasteiger partial charge in [-0.05, 0) is 19.4 Å². The zero-order valence-electron chi connectivity index (χ0n) is 10.3. The number of benzene rings is 1. The highest BCUT2D eigenvalue weighted by Gasteiger charge is 2.20. The lowest BCUT2D eigenvalue weighted by Gasteiger charge is -2.29. The van der Waals surface area contributed by atoms with Gasteiger partial charge in [0.2, 0.25) is 0 Å². The van der Waals surface area contributed by atoms with Crippen LogP contribution in [0.1, 0.15) is 20.3 Å². The van der Waals surface area contributed by atoms with Gasteiger partial charge >= 0.3 is 0 Å². The summed E-state index contributed by atoms with van der Waals surface area (Å²) < 4.78 is 0. The Morgan fingerprint density at radius 3 is 2.82 bits per heavy atom. The van der Waals surface area contributed by atoms with Crippen LogP contribution in [0.15, 0.2) is 30.5 Å². The highest BCUT2D eigenvalue weighted by Crippen LogP contribution is 2.24. The zero-order valence-corrected chi connectivity index (χ0v) is 10.3. The molecule has 4 nitrogen and oxygen atoms in total. The Labute approximate surface area is 101 Å². The molecule has 1 atom stereocenters. The second-order valence-electron chi connectivity index (χ2n) is 4.52. The molecule has 0 saturated carbocycles. The van der Waals surface area contributed by atoms with E-state index in [1.54, 1.807) is 6.20 Å². The molecule has 90 valence electrons. The molecule has 3 N–H and O–H groups in total. The maximum atomic E-state index is 5.81. The van der Waals surface area contributed by atoms with Crippen molar-refractivity contribution in [2.75, 3.05) is 11.9 Å². The molecule has 0 aliphatic carbocycles. The Hall–Kier alpha value is -1.68. The summed E-state index contributed by atoms with van der Waals surface area (Å²) in [6, 6.07) is 7.96. The van der Waals surface area contributed by atoms with Gasteiger partial charge in [-0.3, -0.25) is 0 Å². The van der Waals surface area contributed by atoms with E-state index in [1.165, 1.54) is 0 Å². The number of nitrogens with one attached hydrogen (secondary N) is 1. The largest absolute Gasteiger partial charge is 0.377 e. The van der Waals surface area contributed by atoms with Gasteiger partial charge in [0.1, 0.15) is 0 Å². The van der Waals surface area contributed by atoms with E-state index < -0.39 is 0 Å². The first-order valence-corrected chi connectivity index (χ1v) is 5.87. The van der Waals surface area contributed by atoms with Gasteiger partial charge < -0.3 is 11.1 Å². The van der Waals surface area contributed by atoms with E-state index in [9.17, 15) is 0 Å². The molecular weight excluding hydrogens is 212 g/mol. The summed E-state index contributed by atoms with van der Waals surface area (Å²) in [5.74, 6) is 0. The summed E-state index contributed by atoms with van der Waals surface area (Å²) in [6.07, 6.45) is 2.71. The first-order chi connectivity index (χ1) is 8.18. The molecule has 1 aromatic heterocycles.